The van der Waals surface area contributed by atoms with Crippen molar-refractivity contribution in [2.24, 2.45) is 0 Å². The Bertz CT molecular complexity index is 2340. The first-order valence-corrected chi connectivity index (χ1v) is 21.9. The highest BCUT2D eigenvalue weighted by atomic mass is 16.6. The normalized spacial score (nSPS) is 13.1. The van der Waals surface area contributed by atoms with Crippen LogP contribution in [0.4, 0.5) is 10.5 Å². The Balaban J connectivity index is 1.40. The van der Waals surface area contributed by atoms with Crippen molar-refractivity contribution < 1.29 is 47.9 Å². The van der Waals surface area contributed by atoms with Crippen LogP contribution in [0.3, 0.4) is 0 Å². The van der Waals surface area contributed by atoms with Gasteiger partial charge in [-0.3, -0.25) is 29.2 Å². The van der Waals surface area contributed by atoms with Gasteiger partial charge < -0.3 is 35.5 Å². The number of hydrogen-bond acceptors (Lipinski definition) is 12. The number of aromatic nitrogens is 2. The van der Waals surface area contributed by atoms with E-state index in [1.165, 1.54) is 16.8 Å². The number of urea groups is 1. The minimum absolute atomic E-state index is 0.0584. The number of benzene rings is 3. The van der Waals surface area contributed by atoms with Gasteiger partial charge in [0.25, 0.3) is 5.69 Å². The van der Waals surface area contributed by atoms with E-state index in [1.54, 1.807) is 86.7 Å². The number of nitro benzene ring substituents is 1. The van der Waals surface area contributed by atoms with Crippen molar-refractivity contribution in [3.05, 3.63) is 94.7 Å². The average molecular weight is 914 g/mol. The van der Waals surface area contributed by atoms with E-state index in [2.05, 4.69) is 26.4 Å². The molecule has 0 bridgehead atoms. The van der Waals surface area contributed by atoms with Crippen molar-refractivity contribution in [1.82, 2.24) is 31.0 Å². The summed E-state index contributed by atoms with van der Waals surface area (Å²) < 4.78 is 17.9. The first kappa shape index (κ1) is 51.8. The number of non-ortho nitro benzene ring substituents is 1. The molecule has 0 aliphatic carbocycles. The summed E-state index contributed by atoms with van der Waals surface area (Å²) in [5.74, 6) is -2.96. The van der Waals surface area contributed by atoms with E-state index >= 15 is 0 Å². The topological polar surface area (TPSA) is 239 Å². The maximum absolute atomic E-state index is 13.8. The van der Waals surface area contributed by atoms with Crippen molar-refractivity contribution in [2.75, 3.05) is 6.54 Å². The van der Waals surface area contributed by atoms with Gasteiger partial charge >= 0.3 is 23.9 Å². The molecule has 1 heterocycles. The third-order valence-corrected chi connectivity index (χ3v) is 9.49. The lowest BCUT2D eigenvalue weighted by Gasteiger charge is -2.27. The van der Waals surface area contributed by atoms with Crippen LogP contribution in [-0.4, -0.2) is 91.9 Å². The minimum atomic E-state index is -1.24. The van der Waals surface area contributed by atoms with E-state index in [9.17, 15) is 38.9 Å². The van der Waals surface area contributed by atoms with Gasteiger partial charge in [-0.25, -0.2) is 14.4 Å². The van der Waals surface area contributed by atoms with Crippen LogP contribution in [0, 0.1) is 10.1 Å². The summed E-state index contributed by atoms with van der Waals surface area (Å²) in [6.07, 6.45) is 2.30. The zero-order chi connectivity index (χ0) is 48.8. The van der Waals surface area contributed by atoms with Crippen molar-refractivity contribution in [3.8, 4) is 11.3 Å². The average Bonchev–Trinajstić information content (AvgIpc) is 3.67. The summed E-state index contributed by atoms with van der Waals surface area (Å²) in [5, 5.41) is 28.4. The predicted octanol–water partition coefficient (Wildman–Crippen LogP) is 6.47. The zero-order valence-corrected chi connectivity index (χ0v) is 39.2. The molecule has 4 amide bonds. The summed E-state index contributed by atoms with van der Waals surface area (Å²) in [6.45, 7) is 15.2. The number of amides is 4. The molecule has 0 fully saturated rings. The smallest absolute Gasteiger partial charge is 0.329 e. The van der Waals surface area contributed by atoms with E-state index in [0.717, 1.165) is 16.3 Å². The third kappa shape index (κ3) is 18.0. The molecule has 66 heavy (non-hydrogen) atoms. The van der Waals surface area contributed by atoms with E-state index in [0.29, 0.717) is 24.1 Å². The highest BCUT2D eigenvalue weighted by Gasteiger charge is 2.31. The largest absolute Gasteiger partial charge is 0.460 e. The maximum atomic E-state index is 13.8. The third-order valence-electron chi connectivity index (χ3n) is 9.49. The molecule has 0 unspecified atom stereocenters. The van der Waals surface area contributed by atoms with Gasteiger partial charge in [0.15, 0.2) is 0 Å². The van der Waals surface area contributed by atoms with Crippen LogP contribution in [0.25, 0.3) is 22.0 Å². The number of ether oxygens (including phenoxy) is 3. The van der Waals surface area contributed by atoms with Crippen molar-refractivity contribution in [2.45, 2.75) is 142 Å². The molecular weight excluding hydrogens is 851 g/mol. The number of unbranched alkanes of at least 4 members (excludes halogenated alkanes) is 1. The number of nitrogens with one attached hydrogen (secondary N) is 4. The summed E-state index contributed by atoms with van der Waals surface area (Å²) in [5.41, 5.74) is -0.630. The fraction of sp³-hybridized carbons (Fsp3) is 0.479. The van der Waals surface area contributed by atoms with E-state index in [4.69, 9.17) is 14.2 Å². The molecule has 0 spiro atoms. The quantitative estimate of drug-likeness (QED) is 0.0245. The Morgan fingerprint density at radius 2 is 1.29 bits per heavy atom. The Kier molecular flexibility index (Phi) is 17.9. The van der Waals surface area contributed by atoms with Gasteiger partial charge in [0.1, 0.15) is 41.5 Å². The molecule has 0 aliphatic rings. The molecular formula is C48H63N7O11. The number of carbonyl (C=O) groups excluding carboxylic acids is 6. The minimum Gasteiger partial charge on any atom is -0.460 e. The first-order valence-electron chi connectivity index (χ1n) is 21.9. The van der Waals surface area contributed by atoms with Gasteiger partial charge in [0, 0.05) is 43.3 Å². The van der Waals surface area contributed by atoms with Crippen molar-refractivity contribution in [3.63, 3.8) is 0 Å². The molecule has 0 saturated heterocycles. The highest BCUT2D eigenvalue weighted by Crippen LogP contribution is 2.22. The van der Waals surface area contributed by atoms with Gasteiger partial charge in [-0.05, 0) is 123 Å². The monoisotopic (exact) mass is 913 g/mol. The van der Waals surface area contributed by atoms with Crippen LogP contribution in [0.1, 0.15) is 100.0 Å². The second-order valence-corrected chi connectivity index (χ2v) is 18.9. The van der Waals surface area contributed by atoms with Crippen molar-refractivity contribution >= 4 is 52.2 Å². The molecule has 356 valence electrons. The lowest BCUT2D eigenvalue weighted by atomic mass is 10.0. The summed E-state index contributed by atoms with van der Waals surface area (Å²) in [6, 6.07) is 16.9. The van der Waals surface area contributed by atoms with Gasteiger partial charge in [0.2, 0.25) is 11.8 Å². The Morgan fingerprint density at radius 3 is 1.88 bits per heavy atom. The molecule has 3 aromatic carbocycles. The van der Waals surface area contributed by atoms with Crippen LogP contribution in [0.5, 0.6) is 0 Å². The summed E-state index contributed by atoms with van der Waals surface area (Å²) in [4.78, 5) is 90.1. The van der Waals surface area contributed by atoms with Crippen LogP contribution in [0.2, 0.25) is 0 Å². The lowest BCUT2D eigenvalue weighted by molar-refractivity contribution is -0.384. The first-order chi connectivity index (χ1) is 30.8. The SMILES string of the molecule is CC(C)(C)OC(=O)CC[C@H](NC(=O)N[C@@H](CCCCNC(=O)[C@H](Cc1ccc2ccccc2c1)NC(=O)Cn1ccc(-c2ccc([N+](=O)[O-])cc2)n1)C(=O)OC(C)(C)C)C(=O)OC(C)(C)C. The fourth-order valence-electron chi connectivity index (χ4n) is 6.62. The fourth-order valence-corrected chi connectivity index (χ4v) is 6.62. The Morgan fingerprint density at radius 1 is 0.697 bits per heavy atom. The molecule has 0 aliphatic heterocycles. The van der Waals surface area contributed by atoms with E-state index in [1.807, 2.05) is 42.5 Å². The maximum Gasteiger partial charge on any atom is 0.329 e. The number of fused-ring (bicyclic) bond motifs is 1. The Labute approximate surface area is 385 Å². The number of nitrogens with zero attached hydrogens (tertiary/aromatic N) is 3. The second-order valence-electron chi connectivity index (χ2n) is 18.9. The molecule has 0 saturated carbocycles. The number of rotatable bonds is 20. The summed E-state index contributed by atoms with van der Waals surface area (Å²) in [7, 11) is 0. The van der Waals surface area contributed by atoms with E-state index in [-0.39, 0.29) is 44.5 Å². The second kappa shape index (κ2) is 22.9. The highest BCUT2D eigenvalue weighted by molar-refractivity contribution is 5.89. The number of esters is 3. The molecule has 18 heteroatoms. The summed E-state index contributed by atoms with van der Waals surface area (Å²) >= 11 is 0. The standard InChI is InChI=1S/C48H63N7O11/c1-46(2,3)64-41(57)24-23-38(44(60)66-48(7,8)9)52-45(61)51-37(43(59)65-47(4,5)6)16-12-13-26-49-42(58)39(29-31-17-18-32-14-10-11-15-34(32)28-31)50-40(56)30-54-27-25-36(53-54)33-19-21-35(22-20-33)55(62)63/h10-11,14-15,17-22,25,27-28,37-39H,12-13,16,23-24,26,29-30H2,1-9H3,(H,49,58)(H,50,56)(H2,51,52,61)/t37-,38-,39-/m0/s1. The number of carbonyl (C=O) groups is 6. The molecule has 4 aromatic rings. The van der Waals surface area contributed by atoms with Gasteiger partial charge in [-0.15, -0.1) is 0 Å². The molecule has 4 N–H and O–H groups in total. The molecule has 0 radical (unpaired) electrons. The van der Waals surface area contributed by atoms with Crippen LogP contribution >= 0.6 is 0 Å². The van der Waals surface area contributed by atoms with Crippen LogP contribution in [0.15, 0.2) is 79.0 Å². The van der Waals surface area contributed by atoms with Crippen molar-refractivity contribution in [1.29, 1.82) is 0 Å². The van der Waals surface area contributed by atoms with Crippen LogP contribution in [-0.2, 0) is 51.1 Å². The molecule has 1 aromatic heterocycles. The molecule has 3 atom stereocenters. The lowest BCUT2D eigenvalue weighted by Crippen LogP contribution is -2.53. The molecule has 18 nitrogen and oxygen atoms in total. The van der Waals surface area contributed by atoms with Gasteiger partial charge in [-0.1, -0.05) is 42.5 Å². The van der Waals surface area contributed by atoms with E-state index < -0.39 is 75.6 Å². The number of nitro groups is 1. The zero-order valence-electron chi connectivity index (χ0n) is 39.2. The number of hydrogen-bond donors (Lipinski definition) is 4. The van der Waals surface area contributed by atoms with Gasteiger partial charge in [0.05, 0.1) is 10.6 Å². The Hall–Kier alpha value is -6.85. The van der Waals surface area contributed by atoms with Gasteiger partial charge in [-0.2, -0.15) is 5.10 Å². The van der Waals surface area contributed by atoms with Crippen LogP contribution < -0.4 is 21.3 Å². The predicted molar refractivity (Wildman–Crippen MR) is 247 cm³/mol. The molecule has 4 rings (SSSR count).